The minimum Gasteiger partial charge on any atom is -0.497 e. The number of methoxy groups -OCH3 is 1. The number of aliphatic hydroxyl groups is 1. The number of nitrogens with one attached hydrogen (secondary N) is 1. The number of fused-ring (bicyclic) bond motifs is 1. The van der Waals surface area contributed by atoms with Crippen LogP contribution in [0.5, 0.6) is 5.75 Å². The summed E-state index contributed by atoms with van der Waals surface area (Å²) in [6, 6.07) is 10.7. The minimum absolute atomic E-state index is 0.138. The highest BCUT2D eigenvalue weighted by molar-refractivity contribution is 6.03. The van der Waals surface area contributed by atoms with Gasteiger partial charge in [-0.3, -0.25) is 9.59 Å². The van der Waals surface area contributed by atoms with E-state index < -0.39 is 6.10 Å². The summed E-state index contributed by atoms with van der Waals surface area (Å²) in [4.78, 5) is 29.4. The summed E-state index contributed by atoms with van der Waals surface area (Å²) in [6.07, 6.45) is 0.401. The molecule has 4 rings (SSSR count). The molecule has 2 N–H and O–H groups in total. The number of hydrogen-bond acceptors (Lipinski definition) is 5. The third-order valence-corrected chi connectivity index (χ3v) is 4.79. The average Bonchev–Trinajstić information content (AvgIpc) is 2.77. The molecule has 0 saturated carbocycles. The summed E-state index contributed by atoms with van der Waals surface area (Å²) in [5, 5.41) is 13.6. The van der Waals surface area contributed by atoms with Gasteiger partial charge in [0.15, 0.2) is 5.78 Å². The van der Waals surface area contributed by atoms with Crippen molar-refractivity contribution in [1.82, 2.24) is 10.3 Å². The highest BCUT2D eigenvalue weighted by Gasteiger charge is 2.35. The number of rotatable bonds is 2. The van der Waals surface area contributed by atoms with Gasteiger partial charge in [0, 0.05) is 23.3 Å². The van der Waals surface area contributed by atoms with Crippen molar-refractivity contribution in [2.45, 2.75) is 25.4 Å². The number of pyridine rings is 1. The van der Waals surface area contributed by atoms with Gasteiger partial charge in [-0.15, -0.1) is 0 Å². The first-order valence-corrected chi connectivity index (χ1v) is 8.49. The molecule has 0 bridgehead atoms. The van der Waals surface area contributed by atoms with Crippen LogP contribution in [0.1, 0.15) is 41.4 Å². The van der Waals surface area contributed by atoms with Gasteiger partial charge in [0.1, 0.15) is 11.9 Å². The Morgan fingerprint density at radius 3 is 2.85 bits per heavy atom. The number of aliphatic hydroxyl groups excluding tert-OH is 1. The van der Waals surface area contributed by atoms with E-state index in [1.165, 1.54) is 0 Å². The second-order valence-corrected chi connectivity index (χ2v) is 6.39. The lowest BCUT2D eigenvalue weighted by molar-refractivity contribution is -0.117. The molecule has 1 aromatic heterocycles. The molecule has 0 radical (unpaired) electrons. The zero-order valence-corrected chi connectivity index (χ0v) is 14.3. The second kappa shape index (κ2) is 6.38. The van der Waals surface area contributed by atoms with E-state index in [4.69, 9.17) is 4.74 Å². The van der Waals surface area contributed by atoms with Crippen molar-refractivity contribution in [3.63, 3.8) is 0 Å². The predicted octanol–water partition coefficient (Wildman–Crippen LogP) is 2.54. The zero-order chi connectivity index (χ0) is 18.3. The van der Waals surface area contributed by atoms with Gasteiger partial charge in [-0.25, -0.2) is 4.98 Å². The van der Waals surface area contributed by atoms with Crippen LogP contribution in [0, 0.1) is 0 Å². The fourth-order valence-electron chi connectivity index (χ4n) is 3.47. The largest absolute Gasteiger partial charge is 0.497 e. The summed E-state index contributed by atoms with van der Waals surface area (Å²) >= 11 is 0. The molecular formula is C20H18N2O4. The van der Waals surface area contributed by atoms with E-state index in [1.54, 1.807) is 19.2 Å². The van der Waals surface area contributed by atoms with E-state index in [9.17, 15) is 14.7 Å². The summed E-state index contributed by atoms with van der Waals surface area (Å²) < 4.78 is 5.24. The van der Waals surface area contributed by atoms with E-state index in [-0.39, 0.29) is 28.5 Å². The van der Waals surface area contributed by atoms with Gasteiger partial charge in [-0.2, -0.15) is 0 Å². The van der Waals surface area contributed by atoms with Gasteiger partial charge >= 0.3 is 0 Å². The summed E-state index contributed by atoms with van der Waals surface area (Å²) in [6.45, 7) is 0. The number of ketones is 1. The number of aromatic nitrogens is 1. The number of Topliss-reactive ketones (excluding diaryl/α,β-unsaturated/α-hetero) is 1. The number of nitrogens with zero attached hydrogens (tertiary/aromatic N) is 1. The lowest BCUT2D eigenvalue weighted by Gasteiger charge is -2.20. The number of amides is 1. The van der Waals surface area contributed by atoms with Crippen molar-refractivity contribution >= 4 is 11.7 Å². The average molecular weight is 350 g/mol. The molecule has 132 valence electrons. The normalized spacial score (nSPS) is 19.4. The minimum atomic E-state index is -1.21. The Bertz CT molecular complexity index is 949. The summed E-state index contributed by atoms with van der Waals surface area (Å²) in [5.74, 6) is 0.203. The van der Waals surface area contributed by atoms with Crippen molar-refractivity contribution in [2.75, 3.05) is 7.11 Å². The monoisotopic (exact) mass is 350 g/mol. The van der Waals surface area contributed by atoms with Crippen LogP contribution in [0.4, 0.5) is 0 Å². The van der Waals surface area contributed by atoms with Crippen LogP contribution < -0.4 is 10.1 Å². The number of carbonyl (C=O) groups excluding carboxylic acids is 2. The molecule has 6 nitrogen and oxygen atoms in total. The first-order valence-electron chi connectivity index (χ1n) is 8.49. The standard InChI is InChI=1S/C20H18N2O4/c1-26-12-5-2-4-11(10-12)14-9-8-13-18(21-14)19(24)17-15(22-20(13)25)6-3-7-16(17)23/h2,4-5,8-10,19,24H,3,6-7H2,1H3,(H,22,25). The van der Waals surface area contributed by atoms with Crippen molar-refractivity contribution in [2.24, 2.45) is 0 Å². The van der Waals surface area contributed by atoms with Crippen LogP contribution in [-0.2, 0) is 4.79 Å². The molecule has 1 amide bonds. The van der Waals surface area contributed by atoms with Crippen LogP contribution in [-0.4, -0.2) is 28.9 Å². The molecule has 1 atom stereocenters. The molecule has 1 aliphatic heterocycles. The quantitative estimate of drug-likeness (QED) is 0.869. The zero-order valence-electron chi connectivity index (χ0n) is 14.3. The lowest BCUT2D eigenvalue weighted by Crippen LogP contribution is -2.26. The molecule has 1 aliphatic carbocycles. The van der Waals surface area contributed by atoms with E-state index in [0.717, 1.165) is 5.56 Å². The Labute approximate surface area is 150 Å². The Morgan fingerprint density at radius 1 is 1.19 bits per heavy atom. The number of hydrogen-bond donors (Lipinski definition) is 2. The van der Waals surface area contributed by atoms with Crippen LogP contribution in [0.25, 0.3) is 11.3 Å². The van der Waals surface area contributed by atoms with Crippen molar-refractivity contribution in [3.8, 4) is 17.0 Å². The first kappa shape index (κ1) is 16.5. The topological polar surface area (TPSA) is 88.5 Å². The molecule has 0 fully saturated rings. The summed E-state index contributed by atoms with van der Waals surface area (Å²) in [7, 11) is 1.58. The molecule has 0 spiro atoms. The molecule has 2 aliphatic rings. The number of benzene rings is 1. The highest BCUT2D eigenvalue weighted by Crippen LogP contribution is 2.35. The van der Waals surface area contributed by atoms with Crippen molar-refractivity contribution in [3.05, 3.63) is 58.9 Å². The maximum absolute atomic E-state index is 12.5. The molecule has 2 heterocycles. The van der Waals surface area contributed by atoms with Gasteiger partial charge < -0.3 is 15.2 Å². The Balaban J connectivity index is 1.84. The van der Waals surface area contributed by atoms with Crippen molar-refractivity contribution in [1.29, 1.82) is 0 Å². The van der Waals surface area contributed by atoms with Crippen LogP contribution >= 0.6 is 0 Å². The second-order valence-electron chi connectivity index (χ2n) is 6.39. The number of ether oxygens (including phenoxy) is 1. The maximum Gasteiger partial charge on any atom is 0.257 e. The van der Waals surface area contributed by atoms with Crippen molar-refractivity contribution < 1.29 is 19.4 Å². The fourth-order valence-corrected chi connectivity index (χ4v) is 3.47. The fraction of sp³-hybridized carbons (Fsp3) is 0.250. The first-order chi connectivity index (χ1) is 12.6. The Hall–Kier alpha value is -2.99. The van der Waals surface area contributed by atoms with Crippen LogP contribution in [0.3, 0.4) is 0 Å². The smallest absolute Gasteiger partial charge is 0.257 e. The molecule has 1 aromatic carbocycles. The van der Waals surface area contributed by atoms with Gasteiger partial charge in [0.2, 0.25) is 0 Å². The molecule has 2 aromatic rings. The maximum atomic E-state index is 12.5. The molecular weight excluding hydrogens is 332 g/mol. The van der Waals surface area contributed by atoms with Crippen LogP contribution in [0.2, 0.25) is 0 Å². The van der Waals surface area contributed by atoms with E-state index in [0.29, 0.717) is 36.4 Å². The third kappa shape index (κ3) is 2.68. The molecule has 6 heteroatoms. The number of carbonyl (C=O) groups is 2. The molecule has 26 heavy (non-hydrogen) atoms. The van der Waals surface area contributed by atoms with Gasteiger partial charge in [-0.05, 0) is 37.1 Å². The SMILES string of the molecule is COc1cccc(-c2ccc3c(n2)C(O)C2=C(CCCC2=O)NC3=O)c1. The highest BCUT2D eigenvalue weighted by atomic mass is 16.5. The van der Waals surface area contributed by atoms with Crippen LogP contribution in [0.15, 0.2) is 47.7 Å². The van der Waals surface area contributed by atoms with Gasteiger partial charge in [0.25, 0.3) is 5.91 Å². The predicted molar refractivity (Wildman–Crippen MR) is 94.5 cm³/mol. The lowest BCUT2D eigenvalue weighted by atomic mass is 9.90. The summed E-state index contributed by atoms with van der Waals surface area (Å²) in [5.41, 5.74) is 2.67. The van der Waals surface area contributed by atoms with Gasteiger partial charge in [-0.1, -0.05) is 12.1 Å². The van der Waals surface area contributed by atoms with Gasteiger partial charge in [0.05, 0.1) is 24.1 Å². The Morgan fingerprint density at radius 2 is 2.04 bits per heavy atom. The number of allylic oxidation sites excluding steroid dienone is 1. The van der Waals surface area contributed by atoms with E-state index in [2.05, 4.69) is 10.3 Å². The Kier molecular flexibility index (Phi) is 4.05. The third-order valence-electron chi connectivity index (χ3n) is 4.79. The molecule has 1 unspecified atom stereocenters. The van der Waals surface area contributed by atoms with E-state index >= 15 is 0 Å². The van der Waals surface area contributed by atoms with E-state index in [1.807, 2.05) is 24.3 Å². The molecule has 0 saturated heterocycles.